The molecule has 0 fully saturated rings. The molecule has 0 radical (unpaired) electrons. The van der Waals surface area contributed by atoms with E-state index in [9.17, 15) is 4.79 Å². The van der Waals surface area contributed by atoms with E-state index in [1.165, 1.54) is 11.8 Å². The van der Waals surface area contributed by atoms with Crippen molar-refractivity contribution in [2.24, 2.45) is 0 Å². The molecule has 0 saturated carbocycles. The fraction of sp³-hybridized carbons (Fsp3) is 0.250. The zero-order valence-electron chi connectivity index (χ0n) is 13.7. The van der Waals surface area contributed by atoms with E-state index in [0.717, 1.165) is 17.2 Å². The van der Waals surface area contributed by atoms with Crippen molar-refractivity contribution in [2.75, 3.05) is 12.8 Å². The molecule has 0 aliphatic carbocycles. The van der Waals surface area contributed by atoms with E-state index < -0.39 is 0 Å². The molecule has 0 saturated heterocycles. The second-order valence-corrected chi connectivity index (χ2v) is 6.78. The van der Waals surface area contributed by atoms with Crippen molar-refractivity contribution in [3.63, 3.8) is 0 Å². The molecular formula is C16H16ClN5O2S. The first-order chi connectivity index (χ1) is 12.0. The molecule has 7 nitrogen and oxygen atoms in total. The number of furan rings is 1. The first-order valence-corrected chi connectivity index (χ1v) is 8.85. The Balaban J connectivity index is 1.62. The Labute approximate surface area is 153 Å². The van der Waals surface area contributed by atoms with Gasteiger partial charge in [0.1, 0.15) is 11.5 Å². The van der Waals surface area contributed by atoms with Gasteiger partial charge in [0.15, 0.2) is 0 Å². The number of halogens is 1. The van der Waals surface area contributed by atoms with Gasteiger partial charge >= 0.3 is 0 Å². The summed E-state index contributed by atoms with van der Waals surface area (Å²) >= 11 is 7.27. The molecule has 0 aliphatic heterocycles. The summed E-state index contributed by atoms with van der Waals surface area (Å²) in [5.74, 6) is 1.75. The predicted octanol–water partition coefficient (Wildman–Crippen LogP) is 2.97. The molecule has 0 N–H and O–H groups in total. The van der Waals surface area contributed by atoms with Gasteiger partial charge in [-0.05, 0) is 47.7 Å². The number of amides is 1. The fourth-order valence-corrected chi connectivity index (χ4v) is 3.18. The Bertz CT molecular complexity index is 879. The van der Waals surface area contributed by atoms with Crippen LogP contribution in [-0.4, -0.2) is 43.8 Å². The number of carbonyl (C=O) groups is 1. The smallest absolute Gasteiger partial charge is 0.233 e. The summed E-state index contributed by atoms with van der Waals surface area (Å²) in [7, 11) is 1.74. The lowest BCUT2D eigenvalue weighted by Gasteiger charge is -2.15. The normalized spacial score (nSPS) is 10.8. The number of benzene rings is 1. The Morgan fingerprint density at radius 2 is 2.20 bits per heavy atom. The number of aryl methyl sites for hydroxylation is 1. The van der Waals surface area contributed by atoms with Gasteiger partial charge in [-0.3, -0.25) is 4.79 Å². The molecule has 0 spiro atoms. The summed E-state index contributed by atoms with van der Waals surface area (Å²) in [5, 5.41) is 12.7. The summed E-state index contributed by atoms with van der Waals surface area (Å²) < 4.78 is 7.05. The molecule has 2 heterocycles. The Morgan fingerprint density at radius 3 is 2.92 bits per heavy atom. The van der Waals surface area contributed by atoms with Crippen molar-refractivity contribution in [2.45, 2.75) is 18.6 Å². The average Bonchev–Trinajstić information content (AvgIpc) is 3.21. The van der Waals surface area contributed by atoms with Gasteiger partial charge in [0.2, 0.25) is 11.1 Å². The third-order valence-corrected chi connectivity index (χ3v) is 4.57. The molecule has 9 heteroatoms. The molecule has 0 aliphatic rings. The lowest BCUT2D eigenvalue weighted by molar-refractivity contribution is -0.127. The standard InChI is InChI=1S/C16H16ClN5O2S/c1-11-6-7-14(24-11)9-21(2)15(23)10-25-16-18-19-20-22(16)13-5-3-4-12(17)8-13/h3-8H,9-10H2,1-2H3. The lowest BCUT2D eigenvalue weighted by atomic mass is 10.3. The molecule has 1 aromatic carbocycles. The highest BCUT2D eigenvalue weighted by molar-refractivity contribution is 7.99. The van der Waals surface area contributed by atoms with E-state index in [0.29, 0.717) is 16.7 Å². The summed E-state index contributed by atoms with van der Waals surface area (Å²) in [6.07, 6.45) is 0. The Kier molecular flexibility index (Phi) is 5.40. The molecular weight excluding hydrogens is 362 g/mol. The van der Waals surface area contributed by atoms with E-state index in [4.69, 9.17) is 16.0 Å². The van der Waals surface area contributed by atoms with Crippen LogP contribution in [0.2, 0.25) is 5.02 Å². The number of aromatic nitrogens is 4. The zero-order chi connectivity index (χ0) is 17.8. The highest BCUT2D eigenvalue weighted by Gasteiger charge is 2.15. The van der Waals surface area contributed by atoms with Crippen molar-refractivity contribution >= 4 is 29.3 Å². The second kappa shape index (κ2) is 7.71. The van der Waals surface area contributed by atoms with Gasteiger partial charge < -0.3 is 9.32 Å². The number of hydrogen-bond acceptors (Lipinski definition) is 6. The quantitative estimate of drug-likeness (QED) is 0.614. The van der Waals surface area contributed by atoms with Crippen LogP contribution >= 0.6 is 23.4 Å². The monoisotopic (exact) mass is 377 g/mol. The Hall–Kier alpha value is -2.32. The lowest BCUT2D eigenvalue weighted by Crippen LogP contribution is -2.27. The van der Waals surface area contributed by atoms with Crippen LogP contribution < -0.4 is 0 Å². The number of hydrogen-bond donors (Lipinski definition) is 0. The number of nitrogens with zero attached hydrogens (tertiary/aromatic N) is 5. The fourth-order valence-electron chi connectivity index (χ4n) is 2.17. The molecule has 0 atom stereocenters. The molecule has 0 bridgehead atoms. The van der Waals surface area contributed by atoms with Crippen LogP contribution in [0.25, 0.3) is 5.69 Å². The van der Waals surface area contributed by atoms with Gasteiger partial charge in [0.25, 0.3) is 0 Å². The molecule has 25 heavy (non-hydrogen) atoms. The van der Waals surface area contributed by atoms with Crippen molar-refractivity contribution in [3.05, 3.63) is 52.9 Å². The topological polar surface area (TPSA) is 77.1 Å². The van der Waals surface area contributed by atoms with Gasteiger partial charge in [-0.25, -0.2) is 0 Å². The minimum atomic E-state index is -0.0419. The van der Waals surface area contributed by atoms with Crippen LogP contribution in [0.3, 0.4) is 0 Å². The van der Waals surface area contributed by atoms with E-state index in [-0.39, 0.29) is 11.7 Å². The van der Waals surface area contributed by atoms with E-state index in [1.54, 1.807) is 28.8 Å². The van der Waals surface area contributed by atoms with Crippen molar-refractivity contribution in [1.29, 1.82) is 0 Å². The summed E-state index contributed by atoms with van der Waals surface area (Å²) in [4.78, 5) is 13.9. The van der Waals surface area contributed by atoms with Gasteiger partial charge in [0.05, 0.1) is 18.0 Å². The Morgan fingerprint density at radius 1 is 1.36 bits per heavy atom. The maximum absolute atomic E-state index is 12.3. The molecule has 3 rings (SSSR count). The van der Waals surface area contributed by atoms with E-state index in [2.05, 4.69) is 15.5 Å². The molecule has 2 aromatic heterocycles. The minimum Gasteiger partial charge on any atom is -0.464 e. The predicted molar refractivity (Wildman–Crippen MR) is 94.8 cm³/mol. The van der Waals surface area contributed by atoms with Crippen LogP contribution in [0.5, 0.6) is 0 Å². The third-order valence-electron chi connectivity index (χ3n) is 3.43. The highest BCUT2D eigenvalue weighted by Crippen LogP contribution is 2.21. The van der Waals surface area contributed by atoms with Crippen molar-refractivity contribution in [1.82, 2.24) is 25.1 Å². The minimum absolute atomic E-state index is 0.0419. The van der Waals surface area contributed by atoms with Gasteiger partial charge in [-0.15, -0.1) is 5.10 Å². The molecule has 3 aromatic rings. The SMILES string of the molecule is Cc1ccc(CN(C)C(=O)CSc2nnnn2-c2cccc(Cl)c2)o1. The van der Waals surface area contributed by atoms with E-state index in [1.807, 2.05) is 31.2 Å². The molecule has 0 unspecified atom stereocenters. The van der Waals surface area contributed by atoms with Gasteiger partial charge in [-0.2, -0.15) is 4.68 Å². The largest absolute Gasteiger partial charge is 0.464 e. The maximum atomic E-state index is 12.3. The average molecular weight is 378 g/mol. The van der Waals surface area contributed by atoms with Gasteiger partial charge in [-0.1, -0.05) is 29.4 Å². The van der Waals surface area contributed by atoms with Crippen molar-refractivity contribution < 1.29 is 9.21 Å². The van der Waals surface area contributed by atoms with Crippen molar-refractivity contribution in [3.8, 4) is 5.69 Å². The first-order valence-electron chi connectivity index (χ1n) is 7.49. The number of thioether (sulfide) groups is 1. The van der Waals surface area contributed by atoms with Crippen LogP contribution in [0.15, 0.2) is 46.0 Å². The summed E-state index contributed by atoms with van der Waals surface area (Å²) in [5.41, 5.74) is 0.742. The summed E-state index contributed by atoms with van der Waals surface area (Å²) in [6.45, 7) is 2.29. The van der Waals surface area contributed by atoms with Crippen LogP contribution in [-0.2, 0) is 11.3 Å². The van der Waals surface area contributed by atoms with Crippen LogP contribution in [0.4, 0.5) is 0 Å². The van der Waals surface area contributed by atoms with Gasteiger partial charge in [0, 0.05) is 12.1 Å². The zero-order valence-corrected chi connectivity index (χ0v) is 15.3. The van der Waals surface area contributed by atoms with Crippen LogP contribution in [0, 0.1) is 6.92 Å². The number of rotatable bonds is 6. The highest BCUT2D eigenvalue weighted by atomic mass is 35.5. The molecule has 130 valence electrons. The van der Waals surface area contributed by atoms with E-state index >= 15 is 0 Å². The first kappa shape index (κ1) is 17.5. The number of carbonyl (C=O) groups excluding carboxylic acids is 1. The second-order valence-electron chi connectivity index (χ2n) is 5.40. The molecule has 1 amide bonds. The third kappa shape index (κ3) is 4.40. The summed E-state index contributed by atoms with van der Waals surface area (Å²) in [6, 6.07) is 10.9. The maximum Gasteiger partial charge on any atom is 0.233 e. The number of tetrazole rings is 1. The van der Waals surface area contributed by atoms with Crippen LogP contribution in [0.1, 0.15) is 11.5 Å².